The van der Waals surface area contributed by atoms with E-state index in [0.29, 0.717) is 5.41 Å². The molecule has 1 saturated carbocycles. The van der Waals surface area contributed by atoms with Crippen molar-refractivity contribution in [3.63, 3.8) is 0 Å². The van der Waals surface area contributed by atoms with Crippen LogP contribution in [-0.2, 0) is 0 Å². The fraction of sp³-hybridized carbons (Fsp3) is 0.542. The Hall–Kier alpha value is -2.47. The first-order chi connectivity index (χ1) is 14.8. The normalized spacial score (nSPS) is 22.5. The molecule has 1 spiro atoms. The number of hydrogen-bond donors (Lipinski definition) is 0. The highest BCUT2D eigenvalue weighted by Crippen LogP contribution is 2.43. The molecule has 2 saturated heterocycles. The molecule has 6 nitrogen and oxygen atoms in total. The lowest BCUT2D eigenvalue weighted by atomic mass is 9.70. The summed E-state index contributed by atoms with van der Waals surface area (Å²) >= 11 is 0. The lowest BCUT2D eigenvalue weighted by Gasteiger charge is -2.50. The number of rotatable bonds is 3. The van der Waals surface area contributed by atoms with Crippen LogP contribution >= 0.6 is 0 Å². The van der Waals surface area contributed by atoms with Crippen molar-refractivity contribution in [1.82, 2.24) is 24.7 Å². The number of aromatic nitrogens is 4. The van der Waals surface area contributed by atoms with E-state index in [1.54, 1.807) is 10.8 Å². The van der Waals surface area contributed by atoms with Crippen LogP contribution in [0.15, 0.2) is 42.7 Å². The van der Waals surface area contributed by atoms with Gasteiger partial charge in [-0.25, -0.2) is 0 Å². The number of piperidine rings is 2. The molecule has 0 amide bonds. The molecule has 1 aromatic carbocycles. The summed E-state index contributed by atoms with van der Waals surface area (Å²) in [6.45, 7) is 5.05. The Kier molecular flexibility index (Phi) is 4.48. The second kappa shape index (κ2) is 7.34. The minimum Gasteiger partial charge on any atom is -0.371 e. The lowest BCUT2D eigenvalue weighted by Crippen LogP contribution is -2.50. The van der Waals surface area contributed by atoms with Gasteiger partial charge in [0.25, 0.3) is 0 Å². The van der Waals surface area contributed by atoms with Gasteiger partial charge in [0.05, 0.1) is 5.69 Å². The van der Waals surface area contributed by atoms with Crippen LogP contribution in [0.25, 0.3) is 16.9 Å². The molecule has 3 aliphatic rings. The molecule has 2 aromatic heterocycles. The van der Waals surface area contributed by atoms with E-state index in [2.05, 4.69) is 49.4 Å². The summed E-state index contributed by atoms with van der Waals surface area (Å²) < 4.78 is 1.73. The first kappa shape index (κ1) is 18.3. The van der Waals surface area contributed by atoms with Crippen molar-refractivity contribution in [3.8, 4) is 11.3 Å². The van der Waals surface area contributed by atoms with Crippen LogP contribution in [0.2, 0.25) is 0 Å². The molecule has 2 aliphatic heterocycles. The van der Waals surface area contributed by atoms with Crippen LogP contribution in [-0.4, -0.2) is 56.9 Å². The Morgan fingerprint density at radius 1 is 0.833 bits per heavy atom. The Morgan fingerprint density at radius 2 is 1.57 bits per heavy atom. The summed E-state index contributed by atoms with van der Waals surface area (Å²) in [5.74, 6) is 0. The maximum atomic E-state index is 4.61. The van der Waals surface area contributed by atoms with Gasteiger partial charge in [-0.1, -0.05) is 18.6 Å². The zero-order valence-corrected chi connectivity index (χ0v) is 17.6. The molecule has 0 atom stereocenters. The fourth-order valence-electron chi connectivity index (χ4n) is 5.58. The van der Waals surface area contributed by atoms with Crippen LogP contribution in [0.4, 0.5) is 5.69 Å². The first-order valence-electron chi connectivity index (χ1n) is 11.5. The Morgan fingerprint density at radius 3 is 2.27 bits per heavy atom. The third-order valence-corrected chi connectivity index (χ3v) is 7.96. The zero-order valence-electron chi connectivity index (χ0n) is 17.6. The molecule has 1 aliphatic carbocycles. The number of fused-ring (bicyclic) bond motifs is 1. The van der Waals surface area contributed by atoms with Crippen molar-refractivity contribution in [2.75, 3.05) is 31.1 Å². The maximum Gasteiger partial charge on any atom is 0.177 e. The highest BCUT2D eigenvalue weighted by Gasteiger charge is 2.39. The molecule has 0 unspecified atom stereocenters. The van der Waals surface area contributed by atoms with E-state index in [1.807, 2.05) is 12.1 Å². The van der Waals surface area contributed by atoms with Crippen LogP contribution in [0.5, 0.6) is 0 Å². The molecule has 6 heteroatoms. The Labute approximate surface area is 177 Å². The average molecular weight is 403 g/mol. The van der Waals surface area contributed by atoms with Crippen molar-refractivity contribution in [3.05, 3.63) is 42.7 Å². The second-order valence-corrected chi connectivity index (χ2v) is 9.51. The standard InChI is InChI=1S/C24H30N6/c1-2-20(3-1)28-14-10-24(11-15-28)12-16-29(17-13-24)21-6-4-19(5-7-21)22-8-9-23-26-25-18-30(23)27-22/h4-9,18,20H,1-3,10-17H2. The van der Waals surface area contributed by atoms with Gasteiger partial charge in [-0.2, -0.15) is 9.61 Å². The second-order valence-electron chi connectivity index (χ2n) is 9.51. The van der Waals surface area contributed by atoms with Crippen LogP contribution < -0.4 is 4.90 Å². The van der Waals surface area contributed by atoms with Crippen LogP contribution in [0.1, 0.15) is 44.9 Å². The quantitative estimate of drug-likeness (QED) is 0.662. The van der Waals surface area contributed by atoms with E-state index in [-0.39, 0.29) is 0 Å². The molecule has 3 fully saturated rings. The molecule has 30 heavy (non-hydrogen) atoms. The third-order valence-electron chi connectivity index (χ3n) is 7.96. The molecule has 0 bridgehead atoms. The highest BCUT2D eigenvalue weighted by molar-refractivity contribution is 5.64. The predicted octanol–water partition coefficient (Wildman–Crippen LogP) is 4.03. The van der Waals surface area contributed by atoms with Gasteiger partial charge < -0.3 is 9.80 Å². The lowest BCUT2D eigenvalue weighted by molar-refractivity contribution is 0.0306. The predicted molar refractivity (Wildman–Crippen MR) is 119 cm³/mol. The number of nitrogens with zero attached hydrogens (tertiary/aromatic N) is 6. The van der Waals surface area contributed by atoms with Gasteiger partial charge in [0, 0.05) is 30.4 Å². The number of benzene rings is 1. The smallest absolute Gasteiger partial charge is 0.177 e. The Balaban J connectivity index is 1.09. The molecular weight excluding hydrogens is 372 g/mol. The van der Waals surface area contributed by atoms with E-state index in [4.69, 9.17) is 0 Å². The minimum atomic E-state index is 0.606. The molecular formula is C24H30N6. The summed E-state index contributed by atoms with van der Waals surface area (Å²) in [6, 6.07) is 13.8. The first-order valence-corrected chi connectivity index (χ1v) is 11.5. The fourth-order valence-corrected chi connectivity index (χ4v) is 5.58. The van der Waals surface area contributed by atoms with Crippen molar-refractivity contribution < 1.29 is 0 Å². The molecule has 156 valence electrons. The largest absolute Gasteiger partial charge is 0.371 e. The number of anilines is 1. The van der Waals surface area contributed by atoms with E-state index in [1.165, 1.54) is 76.8 Å². The number of likely N-dealkylation sites (tertiary alicyclic amines) is 1. The summed E-state index contributed by atoms with van der Waals surface area (Å²) in [4.78, 5) is 5.36. The average Bonchev–Trinajstić information content (AvgIpc) is 3.23. The topological polar surface area (TPSA) is 49.6 Å². The summed E-state index contributed by atoms with van der Waals surface area (Å²) in [5, 5.41) is 12.5. The molecule has 3 aromatic rings. The van der Waals surface area contributed by atoms with Gasteiger partial charge in [0.1, 0.15) is 6.33 Å². The van der Waals surface area contributed by atoms with Gasteiger partial charge in [-0.3, -0.25) is 0 Å². The summed E-state index contributed by atoms with van der Waals surface area (Å²) in [5.41, 5.74) is 4.80. The SMILES string of the molecule is c1cc(N2CCC3(CC2)CCN(C2CCC2)CC3)ccc1-c1ccc2nncn2n1. The van der Waals surface area contributed by atoms with Crippen LogP contribution in [0.3, 0.4) is 0 Å². The summed E-state index contributed by atoms with van der Waals surface area (Å²) in [6.07, 6.45) is 11.5. The monoisotopic (exact) mass is 402 g/mol. The van der Waals surface area contributed by atoms with Gasteiger partial charge in [0.15, 0.2) is 5.65 Å². The van der Waals surface area contributed by atoms with Crippen molar-refractivity contribution >= 4 is 11.3 Å². The molecule has 4 heterocycles. The van der Waals surface area contributed by atoms with Gasteiger partial charge >= 0.3 is 0 Å². The zero-order chi connectivity index (χ0) is 20.0. The molecule has 0 radical (unpaired) electrons. The maximum absolute atomic E-state index is 4.61. The van der Waals surface area contributed by atoms with Gasteiger partial charge in [0.2, 0.25) is 0 Å². The minimum absolute atomic E-state index is 0.606. The van der Waals surface area contributed by atoms with Crippen molar-refractivity contribution in [2.45, 2.75) is 51.0 Å². The summed E-state index contributed by atoms with van der Waals surface area (Å²) in [7, 11) is 0. The highest BCUT2D eigenvalue weighted by atomic mass is 15.3. The van der Waals surface area contributed by atoms with E-state index < -0.39 is 0 Å². The van der Waals surface area contributed by atoms with E-state index >= 15 is 0 Å². The van der Waals surface area contributed by atoms with Gasteiger partial charge in [-0.05, 0) is 81.3 Å². The molecule has 6 rings (SSSR count). The van der Waals surface area contributed by atoms with Crippen molar-refractivity contribution in [2.24, 2.45) is 5.41 Å². The number of hydrogen-bond acceptors (Lipinski definition) is 5. The third kappa shape index (κ3) is 3.27. The van der Waals surface area contributed by atoms with Crippen molar-refractivity contribution in [1.29, 1.82) is 0 Å². The van der Waals surface area contributed by atoms with E-state index in [9.17, 15) is 0 Å². The van der Waals surface area contributed by atoms with E-state index in [0.717, 1.165) is 22.9 Å². The van der Waals surface area contributed by atoms with Crippen LogP contribution in [0, 0.1) is 5.41 Å². The van der Waals surface area contributed by atoms with Gasteiger partial charge in [-0.15, -0.1) is 10.2 Å². The Bertz CT molecular complexity index is 1000. The molecule has 0 N–H and O–H groups in total.